The molecule has 0 spiro atoms. The van der Waals surface area contributed by atoms with E-state index in [2.05, 4.69) is 29.2 Å². The van der Waals surface area contributed by atoms with Crippen LogP contribution in [0.25, 0.3) is 10.8 Å². The zero-order valence-electron chi connectivity index (χ0n) is 22.0. The van der Waals surface area contributed by atoms with E-state index in [1.165, 1.54) is 4.90 Å². The van der Waals surface area contributed by atoms with Crippen LogP contribution in [0, 0.1) is 12.3 Å². The normalized spacial score (nSPS) is 12.6. The number of thiol groups is 1. The highest BCUT2D eigenvalue weighted by molar-refractivity contribution is 7.80. The van der Waals surface area contributed by atoms with Gasteiger partial charge in [-0.25, -0.2) is 4.79 Å². The number of nitrogens with zero attached hydrogens (tertiary/aromatic N) is 1. The van der Waals surface area contributed by atoms with Crippen molar-refractivity contribution in [1.82, 2.24) is 10.2 Å². The van der Waals surface area contributed by atoms with Gasteiger partial charge in [0.2, 0.25) is 5.91 Å². The van der Waals surface area contributed by atoms with Crippen molar-refractivity contribution < 1.29 is 19.1 Å². The van der Waals surface area contributed by atoms with Crippen LogP contribution in [0.3, 0.4) is 0 Å². The van der Waals surface area contributed by atoms with Gasteiger partial charge >= 0.3 is 6.09 Å². The number of terminal acetylenes is 1. The number of benzene rings is 3. The minimum atomic E-state index is -1.06. The summed E-state index contributed by atoms with van der Waals surface area (Å²) in [6.07, 6.45) is 5.01. The maximum atomic E-state index is 13.8. The Morgan fingerprint density at radius 2 is 1.68 bits per heavy atom. The molecule has 0 aromatic heterocycles. The summed E-state index contributed by atoms with van der Waals surface area (Å²) in [7, 11) is 0. The summed E-state index contributed by atoms with van der Waals surface area (Å²) in [6, 6.07) is 18.3. The van der Waals surface area contributed by atoms with Crippen LogP contribution in [0.1, 0.15) is 44.9 Å². The fourth-order valence-electron chi connectivity index (χ4n) is 4.10. The number of hydrogen-bond acceptors (Lipinski definition) is 5. The lowest BCUT2D eigenvalue weighted by Gasteiger charge is -2.33. The van der Waals surface area contributed by atoms with Gasteiger partial charge in [0, 0.05) is 23.5 Å². The molecule has 2 N–H and O–H groups in total. The van der Waals surface area contributed by atoms with Crippen molar-refractivity contribution in [2.45, 2.75) is 45.4 Å². The second kappa shape index (κ2) is 12.5. The van der Waals surface area contributed by atoms with Gasteiger partial charge in [0.15, 0.2) is 0 Å². The van der Waals surface area contributed by atoms with Crippen LogP contribution in [0.15, 0.2) is 66.7 Å². The van der Waals surface area contributed by atoms with Crippen molar-refractivity contribution in [2.75, 3.05) is 17.6 Å². The molecule has 0 saturated carbocycles. The first kappa shape index (κ1) is 28.6. The highest BCUT2D eigenvalue weighted by atomic mass is 32.1. The number of amides is 3. The summed E-state index contributed by atoms with van der Waals surface area (Å²) < 4.78 is 5.32. The number of ether oxygens (including phenoxy) is 1. The van der Waals surface area contributed by atoms with E-state index in [4.69, 9.17) is 11.2 Å². The van der Waals surface area contributed by atoms with Crippen molar-refractivity contribution >= 4 is 47.0 Å². The lowest BCUT2D eigenvalue weighted by atomic mass is 9.97. The van der Waals surface area contributed by atoms with Crippen LogP contribution in [0.4, 0.5) is 10.5 Å². The first-order valence-corrected chi connectivity index (χ1v) is 13.0. The largest absolute Gasteiger partial charge is 0.444 e. The highest BCUT2D eigenvalue weighted by Crippen LogP contribution is 2.28. The molecule has 0 saturated heterocycles. The number of nitrogens with one attached hydrogen (secondary N) is 2. The Bertz CT molecular complexity index is 1360. The summed E-state index contributed by atoms with van der Waals surface area (Å²) in [6.45, 7) is 7.12. The third-order valence-electron chi connectivity index (χ3n) is 5.78. The third-order valence-corrected chi connectivity index (χ3v) is 6.15. The van der Waals surface area contributed by atoms with Gasteiger partial charge < -0.3 is 20.3 Å². The average molecular weight is 532 g/mol. The molecule has 3 rings (SSSR count). The molecule has 0 aliphatic carbocycles. The first-order valence-electron chi connectivity index (χ1n) is 12.3. The summed E-state index contributed by atoms with van der Waals surface area (Å²) in [5.41, 5.74) is 0.823. The average Bonchev–Trinajstić information content (AvgIpc) is 2.88. The van der Waals surface area contributed by atoms with E-state index in [-0.39, 0.29) is 12.3 Å². The third kappa shape index (κ3) is 7.08. The predicted molar refractivity (Wildman–Crippen MR) is 154 cm³/mol. The van der Waals surface area contributed by atoms with Gasteiger partial charge in [-0.1, -0.05) is 54.5 Å². The van der Waals surface area contributed by atoms with E-state index >= 15 is 0 Å². The Kier molecular flexibility index (Phi) is 9.43. The van der Waals surface area contributed by atoms with E-state index in [9.17, 15) is 14.4 Å². The first-order chi connectivity index (χ1) is 18.1. The molecule has 0 aliphatic heterocycles. The zero-order chi connectivity index (χ0) is 27.9. The predicted octanol–water partition coefficient (Wildman–Crippen LogP) is 5.17. The van der Waals surface area contributed by atoms with Crippen LogP contribution in [-0.2, 0) is 14.3 Å². The molecule has 0 bridgehead atoms. The topological polar surface area (TPSA) is 87.7 Å². The molecule has 7 nitrogen and oxygen atoms in total. The smallest absolute Gasteiger partial charge is 0.408 e. The van der Waals surface area contributed by atoms with E-state index in [0.29, 0.717) is 16.8 Å². The van der Waals surface area contributed by atoms with E-state index in [1.54, 1.807) is 52.0 Å². The number of rotatable bonds is 8. The lowest BCUT2D eigenvalue weighted by Crippen LogP contribution is -2.53. The highest BCUT2D eigenvalue weighted by Gasteiger charge is 2.36. The van der Waals surface area contributed by atoms with Crippen molar-refractivity contribution in [1.29, 1.82) is 0 Å². The number of hydrogen-bond donors (Lipinski definition) is 3. The summed E-state index contributed by atoms with van der Waals surface area (Å²) in [5.74, 6) is 1.70. The van der Waals surface area contributed by atoms with Gasteiger partial charge in [0.25, 0.3) is 5.91 Å². The molecule has 0 aliphatic rings. The molecule has 198 valence electrons. The molecule has 2 unspecified atom stereocenters. The number of likely N-dealkylation sites (N-methyl/N-ethyl adjacent to an activating group) is 1. The van der Waals surface area contributed by atoms with Crippen molar-refractivity contribution in [3.63, 3.8) is 0 Å². The number of carbonyl (C=O) groups is 3. The Morgan fingerprint density at radius 1 is 1.03 bits per heavy atom. The van der Waals surface area contributed by atoms with Gasteiger partial charge in [-0.2, -0.15) is 12.6 Å². The standard InChI is InChI=1S/C30H33N3O4S/c1-6-20-12-10-11-15-24(20)26(27(34)31-23-17-16-21-13-8-9-14-22(21)18-23)33(7-2)28(35)25(19-38)32-29(36)37-30(3,4)5/h1,8-18,25-26,38H,7,19H2,2-5H3,(H,31,34)(H,32,36). The molecule has 38 heavy (non-hydrogen) atoms. The Balaban J connectivity index is 1.98. The quantitative estimate of drug-likeness (QED) is 0.276. The number of carbonyl (C=O) groups excluding carboxylic acids is 3. The Labute approximate surface area is 229 Å². The molecular formula is C30H33N3O4S. The fourth-order valence-corrected chi connectivity index (χ4v) is 4.34. The Hall–Kier alpha value is -3.96. The van der Waals surface area contributed by atoms with Crippen LogP contribution >= 0.6 is 12.6 Å². The van der Waals surface area contributed by atoms with Gasteiger partial charge in [0.1, 0.15) is 17.7 Å². The minimum Gasteiger partial charge on any atom is -0.444 e. The van der Waals surface area contributed by atoms with Crippen LogP contribution in [-0.4, -0.2) is 46.7 Å². The van der Waals surface area contributed by atoms with Gasteiger partial charge in [-0.05, 0) is 62.2 Å². The van der Waals surface area contributed by atoms with Crippen molar-refractivity contribution in [3.05, 3.63) is 77.9 Å². The molecule has 0 heterocycles. The molecular weight excluding hydrogens is 498 g/mol. The number of alkyl carbamates (subject to hydrolysis) is 1. The zero-order valence-corrected chi connectivity index (χ0v) is 22.9. The second-order valence-corrected chi connectivity index (χ2v) is 10.1. The van der Waals surface area contributed by atoms with Crippen LogP contribution in [0.5, 0.6) is 0 Å². The fraction of sp³-hybridized carbons (Fsp3) is 0.300. The molecule has 0 radical (unpaired) electrons. The van der Waals surface area contributed by atoms with E-state index in [1.807, 2.05) is 42.5 Å². The Morgan fingerprint density at radius 3 is 2.32 bits per heavy atom. The molecule has 3 aromatic rings. The van der Waals surface area contributed by atoms with E-state index in [0.717, 1.165) is 10.8 Å². The SMILES string of the molecule is C#Cc1ccccc1C(C(=O)Nc1ccc2ccccc2c1)N(CC)C(=O)C(CS)NC(=O)OC(C)(C)C. The number of fused-ring (bicyclic) bond motifs is 1. The monoisotopic (exact) mass is 531 g/mol. The van der Waals surface area contributed by atoms with Crippen LogP contribution in [0.2, 0.25) is 0 Å². The summed E-state index contributed by atoms with van der Waals surface area (Å²) in [4.78, 5) is 41.4. The maximum Gasteiger partial charge on any atom is 0.408 e. The van der Waals surface area contributed by atoms with Crippen molar-refractivity contribution in [3.8, 4) is 12.3 Å². The molecule has 2 atom stereocenters. The molecule has 8 heteroatoms. The van der Waals surface area contributed by atoms with Gasteiger partial charge in [-0.3, -0.25) is 9.59 Å². The molecule has 0 fully saturated rings. The molecule has 3 amide bonds. The van der Waals surface area contributed by atoms with E-state index < -0.39 is 35.6 Å². The maximum absolute atomic E-state index is 13.8. The second-order valence-electron chi connectivity index (χ2n) is 9.69. The molecule has 3 aromatic carbocycles. The van der Waals surface area contributed by atoms with Gasteiger partial charge in [0.05, 0.1) is 0 Å². The van der Waals surface area contributed by atoms with Crippen molar-refractivity contribution in [2.24, 2.45) is 0 Å². The summed E-state index contributed by atoms with van der Waals surface area (Å²) >= 11 is 4.28. The minimum absolute atomic E-state index is 0.00434. The van der Waals surface area contributed by atoms with Gasteiger partial charge in [-0.15, -0.1) is 6.42 Å². The lowest BCUT2D eigenvalue weighted by molar-refractivity contribution is -0.140. The van der Waals surface area contributed by atoms with Crippen LogP contribution < -0.4 is 10.6 Å². The summed E-state index contributed by atoms with van der Waals surface area (Å²) in [5, 5.41) is 7.53. The number of anilines is 1.